The van der Waals surface area contributed by atoms with Crippen LogP contribution in [0.1, 0.15) is 34.7 Å². The van der Waals surface area contributed by atoms with Crippen LogP contribution < -0.4 is 5.32 Å². The molecule has 0 saturated heterocycles. The van der Waals surface area contributed by atoms with Gasteiger partial charge < -0.3 is 9.52 Å². The molecular weight excluding hydrogens is 251 g/mol. The summed E-state index contributed by atoms with van der Waals surface area (Å²) in [5.74, 6) is -0.768. The summed E-state index contributed by atoms with van der Waals surface area (Å²) in [5, 5.41) is 11.2. The lowest BCUT2D eigenvalue weighted by Crippen LogP contribution is -2.44. The Morgan fingerprint density at radius 1 is 1.56 bits per heavy atom. The van der Waals surface area contributed by atoms with Gasteiger partial charge in [0.2, 0.25) is 0 Å². The van der Waals surface area contributed by atoms with Crippen LogP contribution in [0.15, 0.2) is 10.5 Å². The van der Waals surface area contributed by atoms with Gasteiger partial charge in [0, 0.05) is 0 Å². The van der Waals surface area contributed by atoms with Crippen molar-refractivity contribution in [1.29, 1.82) is 0 Å². The first-order valence-corrected chi connectivity index (χ1v) is 5.39. The number of rotatable bonds is 4. The van der Waals surface area contributed by atoms with Crippen molar-refractivity contribution >= 4 is 5.97 Å². The summed E-state index contributed by atoms with van der Waals surface area (Å²) < 4.78 is 43.0. The van der Waals surface area contributed by atoms with Gasteiger partial charge in [0.05, 0.1) is 6.54 Å². The van der Waals surface area contributed by atoms with Crippen molar-refractivity contribution in [3.8, 4) is 0 Å². The molecule has 2 rings (SSSR count). The number of carbonyl (C=O) groups is 1. The first-order chi connectivity index (χ1) is 8.25. The molecule has 4 nitrogen and oxygen atoms in total. The maximum absolute atomic E-state index is 12.6. The fourth-order valence-electron chi connectivity index (χ4n) is 1.78. The fourth-order valence-corrected chi connectivity index (χ4v) is 1.78. The highest BCUT2D eigenvalue weighted by molar-refractivity contribution is 5.88. The van der Waals surface area contributed by atoms with Crippen LogP contribution in [0.5, 0.6) is 0 Å². The molecule has 2 N–H and O–H groups in total. The van der Waals surface area contributed by atoms with Crippen molar-refractivity contribution in [2.45, 2.75) is 38.0 Å². The number of carboxylic acid groups (broad SMARTS) is 1. The Kier molecular flexibility index (Phi) is 2.89. The normalized spacial score (nSPS) is 17.8. The fraction of sp³-hybridized carbons (Fsp3) is 0.545. The molecule has 18 heavy (non-hydrogen) atoms. The van der Waals surface area contributed by atoms with E-state index in [1.807, 2.05) is 0 Å². The van der Waals surface area contributed by atoms with E-state index in [0.29, 0.717) is 0 Å². The molecule has 1 aromatic heterocycles. The quantitative estimate of drug-likeness (QED) is 0.876. The van der Waals surface area contributed by atoms with Crippen LogP contribution in [0, 0.1) is 6.92 Å². The lowest BCUT2D eigenvalue weighted by atomic mass is 10.2. The molecule has 0 unspecified atom stereocenters. The van der Waals surface area contributed by atoms with Gasteiger partial charge in [-0.05, 0) is 25.8 Å². The summed E-state index contributed by atoms with van der Waals surface area (Å²) in [7, 11) is 0. The van der Waals surface area contributed by atoms with Crippen LogP contribution in [0.2, 0.25) is 0 Å². The summed E-state index contributed by atoms with van der Waals surface area (Å²) in [4.78, 5) is 10.7. The van der Waals surface area contributed by atoms with Crippen molar-refractivity contribution in [3.63, 3.8) is 0 Å². The minimum absolute atomic E-state index is 0.0244. The van der Waals surface area contributed by atoms with Gasteiger partial charge in [-0.2, -0.15) is 13.2 Å². The highest BCUT2D eigenvalue weighted by atomic mass is 19.4. The van der Waals surface area contributed by atoms with Crippen LogP contribution in [0.25, 0.3) is 0 Å². The summed E-state index contributed by atoms with van der Waals surface area (Å²) in [6, 6.07) is 1.25. The van der Waals surface area contributed by atoms with Gasteiger partial charge in [-0.25, -0.2) is 4.79 Å². The van der Waals surface area contributed by atoms with E-state index in [9.17, 15) is 18.0 Å². The molecule has 0 spiro atoms. The molecule has 0 bridgehead atoms. The number of hydrogen-bond acceptors (Lipinski definition) is 3. The first kappa shape index (κ1) is 12.9. The average molecular weight is 263 g/mol. The predicted octanol–water partition coefficient (Wildman–Crippen LogP) is 2.47. The molecule has 1 heterocycles. The number of carboxylic acids is 1. The van der Waals surface area contributed by atoms with Gasteiger partial charge in [0.15, 0.2) is 0 Å². The van der Waals surface area contributed by atoms with Crippen LogP contribution in [-0.4, -0.2) is 22.8 Å². The van der Waals surface area contributed by atoms with Crippen molar-refractivity contribution in [1.82, 2.24) is 5.32 Å². The Morgan fingerprint density at radius 2 is 2.17 bits per heavy atom. The highest BCUT2D eigenvalue weighted by Gasteiger charge is 2.63. The molecule has 7 heteroatoms. The third-order valence-corrected chi connectivity index (χ3v) is 3.09. The minimum Gasteiger partial charge on any atom is -0.478 e. The van der Waals surface area contributed by atoms with Gasteiger partial charge in [-0.15, -0.1) is 0 Å². The van der Waals surface area contributed by atoms with E-state index < -0.39 is 17.7 Å². The number of furan rings is 1. The van der Waals surface area contributed by atoms with Crippen LogP contribution >= 0.6 is 0 Å². The Morgan fingerprint density at radius 3 is 2.56 bits per heavy atom. The number of halogens is 3. The zero-order valence-electron chi connectivity index (χ0n) is 9.60. The first-order valence-electron chi connectivity index (χ1n) is 5.39. The standard InChI is InChI=1S/C11H12F3NO3/c1-6-8(9(16)17)4-7(18-6)5-15-10(2-3-10)11(12,13)14/h4,15H,2-3,5H2,1H3,(H,16,17). The Hall–Kier alpha value is -1.50. The Bertz CT molecular complexity index is 474. The minimum atomic E-state index is -4.29. The molecule has 0 atom stereocenters. The monoisotopic (exact) mass is 263 g/mol. The number of aryl methyl sites for hydroxylation is 1. The summed E-state index contributed by atoms with van der Waals surface area (Å²) in [6.45, 7) is 1.33. The maximum atomic E-state index is 12.6. The molecule has 1 saturated carbocycles. The van der Waals surface area contributed by atoms with Crippen molar-refractivity contribution < 1.29 is 27.5 Å². The summed E-state index contributed by atoms with van der Waals surface area (Å²) >= 11 is 0. The van der Waals surface area contributed by atoms with E-state index in [1.54, 1.807) is 0 Å². The van der Waals surface area contributed by atoms with E-state index in [2.05, 4.69) is 5.32 Å². The lowest BCUT2D eigenvalue weighted by Gasteiger charge is -2.19. The second kappa shape index (κ2) is 4.01. The van der Waals surface area contributed by atoms with Crippen LogP contribution in [0.3, 0.4) is 0 Å². The van der Waals surface area contributed by atoms with Gasteiger partial charge in [-0.1, -0.05) is 0 Å². The zero-order chi connectivity index (χ0) is 13.6. The molecule has 1 aliphatic rings. The lowest BCUT2D eigenvalue weighted by molar-refractivity contribution is -0.166. The maximum Gasteiger partial charge on any atom is 0.406 e. The molecular formula is C11H12F3NO3. The number of alkyl halides is 3. The van der Waals surface area contributed by atoms with E-state index in [-0.39, 0.29) is 36.5 Å². The van der Waals surface area contributed by atoms with Gasteiger partial charge in [0.25, 0.3) is 0 Å². The smallest absolute Gasteiger partial charge is 0.406 e. The largest absolute Gasteiger partial charge is 0.478 e. The average Bonchev–Trinajstić information content (AvgIpc) is 2.94. The second-order valence-electron chi connectivity index (χ2n) is 4.42. The van der Waals surface area contributed by atoms with Gasteiger partial charge in [0.1, 0.15) is 22.6 Å². The van der Waals surface area contributed by atoms with E-state index in [4.69, 9.17) is 9.52 Å². The van der Waals surface area contributed by atoms with Gasteiger partial charge in [-0.3, -0.25) is 5.32 Å². The molecule has 1 aliphatic carbocycles. The van der Waals surface area contributed by atoms with Crippen molar-refractivity contribution in [2.24, 2.45) is 0 Å². The molecule has 0 aromatic carbocycles. The predicted molar refractivity (Wildman–Crippen MR) is 55.3 cm³/mol. The summed E-state index contributed by atoms with van der Waals surface area (Å²) in [5.41, 5.74) is -1.85. The van der Waals surface area contributed by atoms with Crippen LogP contribution in [-0.2, 0) is 6.54 Å². The molecule has 0 radical (unpaired) electrons. The third-order valence-electron chi connectivity index (χ3n) is 3.09. The van der Waals surface area contributed by atoms with Crippen LogP contribution in [0.4, 0.5) is 13.2 Å². The molecule has 0 amide bonds. The second-order valence-corrected chi connectivity index (χ2v) is 4.42. The van der Waals surface area contributed by atoms with E-state index >= 15 is 0 Å². The molecule has 100 valence electrons. The zero-order valence-corrected chi connectivity index (χ0v) is 9.60. The molecule has 0 aliphatic heterocycles. The number of nitrogens with one attached hydrogen (secondary N) is 1. The topological polar surface area (TPSA) is 62.5 Å². The van der Waals surface area contributed by atoms with Gasteiger partial charge >= 0.3 is 12.1 Å². The number of aromatic carboxylic acids is 1. The highest BCUT2D eigenvalue weighted by Crippen LogP contribution is 2.49. The number of hydrogen-bond donors (Lipinski definition) is 2. The molecule has 1 fully saturated rings. The van der Waals surface area contributed by atoms with Crippen molar-refractivity contribution in [2.75, 3.05) is 0 Å². The summed E-state index contributed by atoms with van der Waals surface area (Å²) in [6.07, 6.45) is -4.20. The Labute approximate surface area is 101 Å². The third kappa shape index (κ3) is 2.22. The Balaban J connectivity index is 2.04. The van der Waals surface area contributed by atoms with E-state index in [1.165, 1.54) is 13.0 Å². The van der Waals surface area contributed by atoms with E-state index in [0.717, 1.165) is 0 Å². The molecule has 1 aromatic rings. The van der Waals surface area contributed by atoms with Crippen molar-refractivity contribution in [3.05, 3.63) is 23.2 Å². The SMILES string of the molecule is Cc1oc(CNC2(C(F)(F)F)CC2)cc1C(=O)O.